The van der Waals surface area contributed by atoms with Gasteiger partial charge in [-0.05, 0) is 243 Å². The summed E-state index contributed by atoms with van der Waals surface area (Å²) in [5, 5.41) is 41.6. The van der Waals surface area contributed by atoms with Crippen LogP contribution in [0.25, 0.3) is 10.4 Å². The third-order valence-electron chi connectivity index (χ3n) is 18.1. The number of carbonyl (C=O) groups is 9. The summed E-state index contributed by atoms with van der Waals surface area (Å²) in [5.41, 5.74) is 12.3. The van der Waals surface area contributed by atoms with E-state index in [2.05, 4.69) is 85.8 Å². The fourth-order valence-electron chi connectivity index (χ4n) is 9.97. The number of nitrogens with one attached hydrogen (secondary N) is 7. The molecule has 39 nitrogen and oxygen atoms in total. The molecular formula is C86H140N12NaO27PS. The molecular weight excluding hydrogens is 1720 g/mol. The first-order chi connectivity index (χ1) is 58.9. The number of Topliss-reactive ketones (excluding diaryl/α,β-unsaturated/α-hetero) is 1. The number of carbonyl (C=O) groups excluding carboxylic acids is 9. The summed E-state index contributed by atoms with van der Waals surface area (Å²) >= 11 is 0. The molecule has 8 fully saturated rings. The maximum absolute atomic E-state index is 11.9. The van der Waals surface area contributed by atoms with Crippen molar-refractivity contribution in [2.75, 3.05) is 74.7 Å². The Hall–Kier alpha value is -8.71. The number of nitriles is 1. The molecule has 2 aromatic rings. The van der Waals surface area contributed by atoms with E-state index in [0.717, 1.165) is 126 Å². The van der Waals surface area contributed by atoms with Crippen molar-refractivity contribution in [1.29, 1.82) is 5.26 Å². The van der Waals surface area contributed by atoms with Crippen molar-refractivity contribution < 1.29 is 156 Å². The summed E-state index contributed by atoms with van der Waals surface area (Å²) in [6.45, 7) is 29.6. The van der Waals surface area contributed by atoms with Gasteiger partial charge in [0.05, 0.1) is 56.6 Å². The van der Waals surface area contributed by atoms with E-state index in [-0.39, 0.29) is 84.5 Å². The smallest absolute Gasteiger partial charge is 0.616 e. The van der Waals surface area contributed by atoms with Crippen LogP contribution in [0.5, 0.6) is 0 Å². The average Bonchev–Trinajstić information content (AvgIpc) is 1.60. The van der Waals surface area contributed by atoms with Gasteiger partial charge in [0.25, 0.3) is 10.1 Å². The molecule has 0 bridgehead atoms. The molecule has 9 N–H and O–H groups in total. The maximum Gasteiger partial charge on any atom is 1.00 e. The first-order valence-corrected chi connectivity index (χ1v) is 45.4. The number of allylic oxidation sites excluding steroid dienone is 1. The number of amides is 7. The fraction of sp³-hybridized carbons (Fsp3) is 0.698. The number of ketones is 1. The minimum absolute atomic E-state index is 0. The summed E-state index contributed by atoms with van der Waals surface area (Å²) in [5.74, 6) is 0.137. The van der Waals surface area contributed by atoms with E-state index in [9.17, 15) is 61.2 Å². The zero-order valence-corrected chi connectivity index (χ0v) is 82.7. The quantitative estimate of drug-likeness (QED) is 0.00277. The molecule has 0 atom stereocenters. The Morgan fingerprint density at radius 2 is 0.922 bits per heavy atom. The van der Waals surface area contributed by atoms with Crippen LogP contribution in [0.2, 0.25) is 0 Å². The van der Waals surface area contributed by atoms with Crippen LogP contribution >= 0.6 is 7.60 Å². The molecule has 128 heavy (non-hydrogen) atoms. The van der Waals surface area contributed by atoms with Gasteiger partial charge in [-0.15, -0.1) is 0 Å². The van der Waals surface area contributed by atoms with Crippen molar-refractivity contribution in [3.05, 3.63) is 106 Å². The van der Waals surface area contributed by atoms with E-state index in [1.165, 1.54) is 54.0 Å². The van der Waals surface area contributed by atoms with Gasteiger partial charge in [0.2, 0.25) is 0 Å². The molecule has 0 aliphatic heterocycles. The van der Waals surface area contributed by atoms with Crippen LogP contribution in [0.4, 0.5) is 33.6 Å². The summed E-state index contributed by atoms with van der Waals surface area (Å²) in [6.07, 6.45) is 17.5. The molecule has 42 heteroatoms. The Morgan fingerprint density at radius 1 is 0.555 bits per heavy atom. The Bertz CT molecular complexity index is 4110. The molecule has 10 rings (SSSR count). The molecule has 2 aromatic carbocycles. The second-order valence-corrected chi connectivity index (χ2v) is 40.2. The van der Waals surface area contributed by atoms with Crippen LogP contribution < -0.4 is 77.6 Å². The first-order valence-electron chi connectivity index (χ1n) is 42.0. The van der Waals surface area contributed by atoms with E-state index in [4.69, 9.17) is 49.7 Å². The number of hydrogen-bond donors (Lipinski definition) is 8. The van der Waals surface area contributed by atoms with Crippen LogP contribution in [-0.4, -0.2) is 199 Å². The third-order valence-corrected chi connectivity index (χ3v) is 20.2. The Kier molecular flexibility index (Phi) is 50.2. The number of methoxy groups -OCH3 is 2. The summed E-state index contributed by atoms with van der Waals surface area (Å²) in [6, 6.07) is 21.0. The molecule has 7 amide bonds. The molecule has 0 aromatic heterocycles. The Labute approximate surface area is 776 Å². The minimum atomic E-state index is -3.42. The number of benzene rings is 2. The molecule has 718 valence electrons. The number of nitrogens with two attached hydrogens (primary N) is 1. The third kappa shape index (κ3) is 62.5. The van der Waals surface area contributed by atoms with Gasteiger partial charge < -0.3 is 99.7 Å². The second-order valence-electron chi connectivity index (χ2n) is 36.5. The minimum Gasteiger partial charge on any atom is -0.616 e. The Morgan fingerprint density at radius 3 is 1.23 bits per heavy atom. The summed E-state index contributed by atoms with van der Waals surface area (Å²) in [7, 11) is -0.371. The molecule has 0 spiro atoms. The zero-order chi connectivity index (χ0) is 96.3. The van der Waals surface area contributed by atoms with E-state index in [1.807, 2.05) is 129 Å². The van der Waals surface area contributed by atoms with Gasteiger partial charge in [0.15, 0.2) is 0 Å². The van der Waals surface area contributed by atoms with Crippen molar-refractivity contribution in [3.63, 3.8) is 0 Å². The van der Waals surface area contributed by atoms with E-state index in [0.29, 0.717) is 44.9 Å². The summed E-state index contributed by atoms with van der Waals surface area (Å²) in [4.78, 5) is 114. The first kappa shape index (κ1) is 117. The second kappa shape index (κ2) is 54.8. The number of esters is 1. The van der Waals surface area contributed by atoms with E-state index >= 15 is 0 Å². The van der Waals surface area contributed by atoms with Crippen molar-refractivity contribution in [2.24, 2.45) is 10.8 Å². The van der Waals surface area contributed by atoms with Gasteiger partial charge in [0.1, 0.15) is 59.1 Å². The predicted octanol–water partition coefficient (Wildman–Crippen LogP) is 11.4. The van der Waals surface area contributed by atoms with Crippen molar-refractivity contribution in [2.45, 2.75) is 313 Å². The maximum atomic E-state index is 11.9. The fourth-order valence-corrected chi connectivity index (χ4v) is 11.1. The molecule has 8 aliphatic rings. The van der Waals surface area contributed by atoms with E-state index < -0.39 is 105 Å². The molecule has 0 heterocycles. The van der Waals surface area contributed by atoms with Gasteiger partial charge in [-0.25, -0.2) is 43.3 Å². The number of nitrogens with zero attached hydrogens (tertiary/aromatic N) is 4. The zero-order valence-electron chi connectivity index (χ0n) is 79.0. The van der Waals surface area contributed by atoms with Gasteiger partial charge in [-0.2, -0.15) is 13.7 Å². The standard InChI is InChI=1S/C19H28N2O4.C17H24N2O4.C11H21NO5S.C11H19NO4.C10H18N4O2.C6H10O2.C5H11O5P.C4H6N2.C3H4O.Na/c1-18(2,3)25-17(23)21-19(11-12-19)10-7-13-20-16(22)24-14-15-8-5-4-6-9-15;1-16(2,3)23-15(21)19-17(9-10-17)12-18-14(20)22-11-13-7-5-4-6-8-13;1-10(2,3)17-9(13)12-11(5-6-11)7-8-16-18(4,14)15;1-10(2,3)16-9(14)12-11(5-6-11)7-8(13)15-4;1-9(2,3)16-8(15)13-10(4-5-10)6-7-12-14-11;1-7-8-5-4-6-2-3-6;1-8-5(6)4-11(7,9-2)10-3;5-3-4(6)1-2-4;4-3-1-2-3;/h4-6,8-9H,7,10-14H2,1-3H3,(H,20,22)(H,21,23);4-8H,9-12H2,1-3H3,(H,18,20)(H,19,21);5-8H2,1-4H3,(H,12,13);5-7H2,1-4H3,(H,12,14);4-7H2,1-3H3,(H,13,15);4H,2-3,5H2,1H3;4,6H,1-3H3;1-2,6H2;1-2H2;/q;;;;;;;;;+1/p-1/b;;;;;;5-4+;;;. The van der Waals surface area contributed by atoms with Crippen molar-refractivity contribution in [1.82, 2.24) is 37.2 Å². The SMILES string of the molecule is CC(C)(C)OC(=O)NC1(CCCNC(=O)OCc2ccccc2)CC1.CC(C)(C)OC(=O)NC1(CCN=[N+]=[N-])CC1.CC(C)(C)OC(=O)NC1(CCOS(C)(=O)=O)CC1.CC(C)(C)OC(=O)NC1(CNC(=O)OCc2ccccc2)CC1.CO/C([O-])=C/P(=O)(OC)OC.COC(=O)CC1(NC(=O)OC(C)(C)C)CC1.COOCC=C1CC1.N#CC1(N)CC1.O=C1CC1.[Na+]. The molecule has 8 aliphatic carbocycles. The molecule has 0 unspecified atom stereocenters. The average molecular weight is 1860 g/mol. The summed E-state index contributed by atoms with van der Waals surface area (Å²) < 4.78 is 91.4. The molecule has 0 saturated heterocycles. The van der Waals surface area contributed by atoms with Crippen molar-refractivity contribution in [3.8, 4) is 6.07 Å². The van der Waals surface area contributed by atoms with E-state index in [1.54, 1.807) is 41.5 Å². The Balaban J connectivity index is 0.000000745. The number of azide groups is 1. The monoisotopic (exact) mass is 1860 g/mol. The van der Waals surface area contributed by atoms with Crippen LogP contribution in [-0.2, 0) is 103 Å². The largest absolute Gasteiger partial charge is 1.00 e. The van der Waals surface area contributed by atoms with Crippen LogP contribution in [0.15, 0.2) is 89.2 Å². The van der Waals surface area contributed by atoms with Crippen LogP contribution in [0, 0.1) is 11.3 Å². The van der Waals surface area contributed by atoms with Gasteiger partial charge in [-0.1, -0.05) is 77.4 Å². The number of alkyl carbamates (subject to hydrolysis) is 7. The number of rotatable bonds is 31. The van der Waals surface area contributed by atoms with Crippen LogP contribution in [0.1, 0.15) is 250 Å². The van der Waals surface area contributed by atoms with Crippen molar-refractivity contribution >= 4 is 72.1 Å². The molecule has 8 saturated carbocycles. The van der Waals surface area contributed by atoms with Gasteiger partial charge >= 0.3 is 85.8 Å². The number of hydrogen-bond acceptors (Lipinski definition) is 30. The topological polar surface area (TPSA) is 540 Å². The van der Waals surface area contributed by atoms with Gasteiger partial charge in [-0.3, -0.25) is 18.3 Å². The van der Waals surface area contributed by atoms with Gasteiger partial charge in [0, 0.05) is 74.0 Å². The number of ether oxygens (including phenoxy) is 9. The molecule has 0 radical (unpaired) electrons. The normalized spacial score (nSPS) is 16.6. The predicted molar refractivity (Wildman–Crippen MR) is 469 cm³/mol. The van der Waals surface area contributed by atoms with Crippen LogP contribution in [0.3, 0.4) is 0 Å².